The number of amides is 1. The zero-order valence-electron chi connectivity index (χ0n) is 18.1. The third-order valence-corrected chi connectivity index (χ3v) is 5.88. The van der Waals surface area contributed by atoms with Crippen molar-refractivity contribution in [1.82, 2.24) is 0 Å². The number of rotatable bonds is 5. The van der Waals surface area contributed by atoms with Crippen LogP contribution in [0.1, 0.15) is 16.7 Å². The van der Waals surface area contributed by atoms with E-state index < -0.39 is 21.8 Å². The molecule has 1 aliphatic heterocycles. The SMILES string of the molecule is CS(=O)(=O)Nc1cccc(-c2ccc3c(c2)COCC(=O)N3Cc2ccc(C(F)(F)F)cc2)c1. The summed E-state index contributed by atoms with van der Waals surface area (Å²) in [7, 11) is -3.43. The average molecular weight is 491 g/mol. The summed E-state index contributed by atoms with van der Waals surface area (Å²) in [5.74, 6) is -0.300. The van der Waals surface area contributed by atoms with Crippen molar-refractivity contribution in [3.05, 3.63) is 83.4 Å². The lowest BCUT2D eigenvalue weighted by molar-refractivity contribution is -0.137. The molecule has 1 heterocycles. The fourth-order valence-electron chi connectivity index (χ4n) is 3.74. The Bertz CT molecular complexity index is 1320. The Balaban J connectivity index is 1.64. The average Bonchev–Trinajstić information content (AvgIpc) is 2.91. The van der Waals surface area contributed by atoms with Crippen LogP contribution >= 0.6 is 0 Å². The zero-order chi connectivity index (χ0) is 24.5. The number of halogens is 3. The van der Waals surface area contributed by atoms with E-state index in [1.165, 1.54) is 17.0 Å². The molecule has 10 heteroatoms. The molecule has 3 aromatic carbocycles. The van der Waals surface area contributed by atoms with Crippen LogP contribution in [0.2, 0.25) is 0 Å². The summed E-state index contributed by atoms with van der Waals surface area (Å²) in [5.41, 5.74) is 3.13. The molecule has 0 fully saturated rings. The molecule has 34 heavy (non-hydrogen) atoms. The van der Waals surface area contributed by atoms with E-state index in [-0.39, 0.29) is 25.7 Å². The molecule has 1 amide bonds. The molecule has 1 N–H and O–H groups in total. The number of fused-ring (bicyclic) bond motifs is 1. The van der Waals surface area contributed by atoms with Gasteiger partial charge in [0.05, 0.1) is 25.0 Å². The first-order valence-electron chi connectivity index (χ1n) is 10.2. The Morgan fingerprint density at radius 1 is 0.971 bits per heavy atom. The van der Waals surface area contributed by atoms with Crippen LogP contribution < -0.4 is 9.62 Å². The summed E-state index contributed by atoms with van der Waals surface area (Å²) in [6.07, 6.45) is -3.36. The molecule has 0 unspecified atom stereocenters. The number of hydrogen-bond donors (Lipinski definition) is 1. The largest absolute Gasteiger partial charge is 0.416 e. The van der Waals surface area contributed by atoms with Gasteiger partial charge < -0.3 is 9.64 Å². The Labute approximate surface area is 195 Å². The van der Waals surface area contributed by atoms with Gasteiger partial charge in [0, 0.05) is 16.9 Å². The second kappa shape index (κ2) is 9.11. The van der Waals surface area contributed by atoms with Gasteiger partial charge in [-0.1, -0.05) is 30.3 Å². The number of nitrogens with one attached hydrogen (secondary N) is 1. The molecule has 1 aliphatic rings. The van der Waals surface area contributed by atoms with Crippen LogP contribution in [0.3, 0.4) is 0 Å². The van der Waals surface area contributed by atoms with Gasteiger partial charge in [-0.05, 0) is 53.1 Å². The minimum atomic E-state index is -4.43. The maximum Gasteiger partial charge on any atom is 0.416 e. The molecule has 0 saturated carbocycles. The maximum atomic E-state index is 12.9. The minimum absolute atomic E-state index is 0.0977. The van der Waals surface area contributed by atoms with Crippen molar-refractivity contribution in [2.75, 3.05) is 22.5 Å². The van der Waals surface area contributed by atoms with Gasteiger partial charge in [-0.15, -0.1) is 0 Å². The number of nitrogens with zero attached hydrogens (tertiary/aromatic N) is 1. The van der Waals surface area contributed by atoms with Crippen LogP contribution in [0, 0.1) is 0 Å². The number of ether oxygens (including phenoxy) is 1. The highest BCUT2D eigenvalue weighted by atomic mass is 32.2. The van der Waals surface area contributed by atoms with E-state index in [9.17, 15) is 26.4 Å². The quantitative estimate of drug-likeness (QED) is 0.557. The molecule has 6 nitrogen and oxygen atoms in total. The Morgan fingerprint density at radius 2 is 1.68 bits per heavy atom. The highest BCUT2D eigenvalue weighted by Gasteiger charge is 2.30. The number of carbonyl (C=O) groups is 1. The summed E-state index contributed by atoms with van der Waals surface area (Å²) in [6, 6.07) is 17.0. The summed E-state index contributed by atoms with van der Waals surface area (Å²) >= 11 is 0. The highest BCUT2D eigenvalue weighted by molar-refractivity contribution is 7.92. The van der Waals surface area contributed by atoms with E-state index >= 15 is 0 Å². The predicted molar refractivity (Wildman–Crippen MR) is 123 cm³/mol. The fourth-order valence-corrected chi connectivity index (χ4v) is 4.29. The first-order chi connectivity index (χ1) is 16.0. The minimum Gasteiger partial charge on any atom is -0.367 e. The predicted octanol–water partition coefficient (Wildman–Crippen LogP) is 4.81. The molecule has 0 radical (unpaired) electrons. The van der Waals surface area contributed by atoms with E-state index in [2.05, 4.69) is 4.72 Å². The molecule has 0 atom stereocenters. The summed E-state index contributed by atoms with van der Waals surface area (Å²) in [4.78, 5) is 14.2. The van der Waals surface area contributed by atoms with Crippen molar-refractivity contribution in [1.29, 1.82) is 0 Å². The smallest absolute Gasteiger partial charge is 0.367 e. The van der Waals surface area contributed by atoms with Crippen molar-refractivity contribution in [3.63, 3.8) is 0 Å². The summed E-state index contributed by atoms with van der Waals surface area (Å²) in [6.45, 7) is 0.124. The first kappa shape index (κ1) is 23.8. The van der Waals surface area contributed by atoms with Crippen molar-refractivity contribution in [2.45, 2.75) is 19.3 Å². The highest BCUT2D eigenvalue weighted by Crippen LogP contribution is 2.33. The van der Waals surface area contributed by atoms with Crippen LogP contribution in [0.5, 0.6) is 0 Å². The first-order valence-corrected chi connectivity index (χ1v) is 12.1. The molecule has 4 rings (SSSR count). The Morgan fingerprint density at radius 3 is 2.35 bits per heavy atom. The van der Waals surface area contributed by atoms with Crippen LogP contribution in [-0.2, 0) is 38.9 Å². The lowest BCUT2D eigenvalue weighted by Gasteiger charge is -2.23. The van der Waals surface area contributed by atoms with Crippen LogP contribution in [0.4, 0.5) is 24.5 Å². The van der Waals surface area contributed by atoms with Crippen molar-refractivity contribution >= 4 is 27.3 Å². The number of sulfonamides is 1. The number of benzene rings is 3. The van der Waals surface area contributed by atoms with E-state index in [0.717, 1.165) is 35.1 Å². The van der Waals surface area contributed by atoms with Crippen LogP contribution in [0.15, 0.2) is 66.7 Å². The van der Waals surface area contributed by atoms with E-state index in [0.29, 0.717) is 16.9 Å². The second-order valence-corrected chi connectivity index (χ2v) is 9.71. The Kier molecular flexibility index (Phi) is 6.37. The van der Waals surface area contributed by atoms with Gasteiger partial charge in [0.25, 0.3) is 5.91 Å². The Hall–Kier alpha value is -3.37. The van der Waals surface area contributed by atoms with Gasteiger partial charge in [0.15, 0.2) is 0 Å². The van der Waals surface area contributed by atoms with Crippen molar-refractivity contribution in [2.24, 2.45) is 0 Å². The summed E-state index contributed by atoms with van der Waals surface area (Å²) < 4.78 is 69.6. The lowest BCUT2D eigenvalue weighted by Crippen LogP contribution is -2.32. The third kappa shape index (κ3) is 5.57. The van der Waals surface area contributed by atoms with Gasteiger partial charge in [0.1, 0.15) is 6.61 Å². The maximum absolute atomic E-state index is 12.9. The van der Waals surface area contributed by atoms with E-state index in [1.54, 1.807) is 30.3 Å². The van der Waals surface area contributed by atoms with Crippen LogP contribution in [0.25, 0.3) is 11.1 Å². The third-order valence-electron chi connectivity index (χ3n) is 5.28. The van der Waals surface area contributed by atoms with Gasteiger partial charge in [0.2, 0.25) is 10.0 Å². The molecule has 0 aromatic heterocycles. The molecule has 0 spiro atoms. The van der Waals surface area contributed by atoms with Crippen molar-refractivity contribution < 1.29 is 31.1 Å². The molecular weight excluding hydrogens is 469 g/mol. The monoisotopic (exact) mass is 490 g/mol. The summed E-state index contributed by atoms with van der Waals surface area (Å²) in [5, 5.41) is 0. The molecule has 178 valence electrons. The zero-order valence-corrected chi connectivity index (χ0v) is 18.9. The van der Waals surface area contributed by atoms with Gasteiger partial charge in [-0.3, -0.25) is 9.52 Å². The van der Waals surface area contributed by atoms with E-state index in [4.69, 9.17) is 4.74 Å². The van der Waals surface area contributed by atoms with Gasteiger partial charge in [-0.2, -0.15) is 13.2 Å². The standard InChI is InChI=1S/C24H21F3N2O4S/c1-34(31,32)28-21-4-2-3-17(12-21)18-7-10-22-19(11-18)14-33-15-23(30)29(22)13-16-5-8-20(9-6-16)24(25,26)27/h2-12,28H,13-15H2,1H3. The van der Waals surface area contributed by atoms with Gasteiger partial charge >= 0.3 is 6.18 Å². The number of anilines is 2. The number of alkyl halides is 3. The number of carbonyl (C=O) groups excluding carboxylic acids is 1. The van der Waals surface area contributed by atoms with Crippen molar-refractivity contribution in [3.8, 4) is 11.1 Å². The molecule has 0 bridgehead atoms. The topological polar surface area (TPSA) is 75.7 Å². The second-order valence-electron chi connectivity index (χ2n) is 7.97. The lowest BCUT2D eigenvalue weighted by atomic mass is 10.0. The van der Waals surface area contributed by atoms with Crippen LogP contribution in [-0.4, -0.2) is 27.2 Å². The molecule has 0 aliphatic carbocycles. The molecule has 0 saturated heterocycles. The number of hydrogen-bond acceptors (Lipinski definition) is 4. The van der Waals surface area contributed by atoms with E-state index in [1.807, 2.05) is 12.1 Å². The normalized spacial score (nSPS) is 14.5. The molecule has 3 aromatic rings. The molecular formula is C24H21F3N2O4S. The fraction of sp³-hybridized carbons (Fsp3) is 0.208. The van der Waals surface area contributed by atoms with Gasteiger partial charge in [-0.25, -0.2) is 8.42 Å².